The van der Waals surface area contributed by atoms with Crippen LogP contribution in [-0.4, -0.2) is 39.3 Å². The molecule has 136 valence electrons. The molecule has 0 unspecified atom stereocenters. The van der Waals surface area contributed by atoms with Gasteiger partial charge in [0.05, 0.1) is 12.2 Å². The predicted octanol–water partition coefficient (Wildman–Crippen LogP) is 1.99. The first-order valence-corrected chi connectivity index (χ1v) is 9.77. The third kappa shape index (κ3) is 4.56. The zero-order valence-corrected chi connectivity index (χ0v) is 16.1. The Morgan fingerprint density at radius 3 is 2.84 bits per heavy atom. The van der Waals surface area contributed by atoms with Gasteiger partial charge >= 0.3 is 0 Å². The van der Waals surface area contributed by atoms with Gasteiger partial charge in [-0.1, -0.05) is 6.42 Å². The molecule has 3 rings (SSSR count). The van der Waals surface area contributed by atoms with Gasteiger partial charge in [-0.25, -0.2) is 4.98 Å². The Kier molecular flexibility index (Phi) is 6.01. The number of nitrogens with one attached hydrogen (secondary N) is 2. The summed E-state index contributed by atoms with van der Waals surface area (Å²) in [5.41, 5.74) is 1.11. The summed E-state index contributed by atoms with van der Waals surface area (Å²) in [6.45, 7) is 6.68. The van der Waals surface area contributed by atoms with Crippen LogP contribution in [0.1, 0.15) is 46.5 Å². The number of aromatic nitrogens is 4. The number of hydrogen-bond acceptors (Lipinski definition) is 5. The first-order chi connectivity index (χ1) is 12.2. The van der Waals surface area contributed by atoms with Gasteiger partial charge in [-0.2, -0.15) is 0 Å². The van der Waals surface area contributed by atoms with Crippen molar-refractivity contribution in [2.45, 2.75) is 59.0 Å². The average molecular weight is 362 g/mol. The number of hydrogen-bond donors (Lipinski definition) is 2. The molecule has 0 aromatic carbocycles. The molecule has 1 aliphatic heterocycles. The molecule has 0 bridgehead atoms. The second-order valence-corrected chi connectivity index (χ2v) is 7.63. The molecule has 25 heavy (non-hydrogen) atoms. The molecule has 0 fully saturated rings. The summed E-state index contributed by atoms with van der Waals surface area (Å²) in [7, 11) is 1.79. The Bertz CT molecular complexity index is 712. The molecule has 0 amide bonds. The van der Waals surface area contributed by atoms with Crippen LogP contribution in [0.15, 0.2) is 4.99 Å². The van der Waals surface area contributed by atoms with Crippen LogP contribution >= 0.6 is 11.3 Å². The molecule has 0 saturated heterocycles. The third-order valence-corrected chi connectivity index (χ3v) is 5.60. The molecule has 0 aliphatic carbocycles. The van der Waals surface area contributed by atoms with Gasteiger partial charge in [0.1, 0.15) is 16.7 Å². The number of fused-ring (bicyclic) bond motifs is 1. The molecule has 7 nitrogen and oxygen atoms in total. The summed E-state index contributed by atoms with van der Waals surface area (Å²) >= 11 is 1.73. The molecule has 0 radical (unpaired) electrons. The maximum atomic E-state index is 4.55. The number of thiazole rings is 1. The molecule has 0 spiro atoms. The molecule has 0 atom stereocenters. The molecule has 2 aromatic heterocycles. The highest BCUT2D eigenvalue weighted by atomic mass is 32.1. The summed E-state index contributed by atoms with van der Waals surface area (Å²) in [5.74, 6) is 3.01. The summed E-state index contributed by atoms with van der Waals surface area (Å²) in [6, 6.07) is 0. The first kappa shape index (κ1) is 17.8. The minimum absolute atomic E-state index is 0.694. The number of aliphatic imine (C=N–C) groups is 1. The van der Waals surface area contributed by atoms with Crippen LogP contribution in [0.25, 0.3) is 0 Å². The highest BCUT2D eigenvalue weighted by molar-refractivity contribution is 7.11. The Labute approximate surface area is 153 Å². The van der Waals surface area contributed by atoms with E-state index in [1.165, 1.54) is 24.1 Å². The fourth-order valence-electron chi connectivity index (χ4n) is 3.02. The zero-order chi connectivity index (χ0) is 17.6. The summed E-state index contributed by atoms with van der Waals surface area (Å²) in [5, 5.41) is 16.5. The van der Waals surface area contributed by atoms with E-state index in [0.717, 1.165) is 54.2 Å². The third-order valence-electron chi connectivity index (χ3n) is 4.53. The van der Waals surface area contributed by atoms with Crippen LogP contribution in [0.2, 0.25) is 0 Å². The van der Waals surface area contributed by atoms with E-state index < -0.39 is 0 Å². The van der Waals surface area contributed by atoms with E-state index in [-0.39, 0.29) is 0 Å². The van der Waals surface area contributed by atoms with Crippen molar-refractivity contribution in [1.29, 1.82) is 0 Å². The van der Waals surface area contributed by atoms with Crippen LogP contribution in [-0.2, 0) is 25.9 Å². The van der Waals surface area contributed by atoms with E-state index in [2.05, 4.69) is 42.3 Å². The smallest absolute Gasteiger partial charge is 0.191 e. The Morgan fingerprint density at radius 1 is 1.20 bits per heavy atom. The van der Waals surface area contributed by atoms with E-state index in [1.807, 2.05) is 6.92 Å². The first-order valence-electron chi connectivity index (χ1n) is 8.95. The van der Waals surface area contributed by atoms with E-state index in [0.29, 0.717) is 6.54 Å². The van der Waals surface area contributed by atoms with Crippen molar-refractivity contribution in [3.63, 3.8) is 0 Å². The van der Waals surface area contributed by atoms with Crippen LogP contribution in [0.3, 0.4) is 0 Å². The lowest BCUT2D eigenvalue weighted by atomic mass is 10.2. The Hall–Kier alpha value is -1.96. The molecule has 0 saturated carbocycles. The molecule has 2 N–H and O–H groups in total. The topological polar surface area (TPSA) is 80.0 Å². The fourth-order valence-corrected chi connectivity index (χ4v) is 3.89. The number of aryl methyl sites for hydroxylation is 3. The van der Waals surface area contributed by atoms with E-state index in [4.69, 9.17) is 0 Å². The van der Waals surface area contributed by atoms with Crippen molar-refractivity contribution in [2.75, 3.05) is 13.6 Å². The van der Waals surface area contributed by atoms with Crippen molar-refractivity contribution in [2.24, 2.45) is 4.99 Å². The van der Waals surface area contributed by atoms with Crippen molar-refractivity contribution in [1.82, 2.24) is 30.4 Å². The Morgan fingerprint density at radius 2 is 2.08 bits per heavy atom. The van der Waals surface area contributed by atoms with Crippen molar-refractivity contribution in [3.05, 3.63) is 27.2 Å². The van der Waals surface area contributed by atoms with E-state index in [9.17, 15) is 0 Å². The van der Waals surface area contributed by atoms with E-state index in [1.54, 1.807) is 18.4 Å². The number of guanidine groups is 1. The lowest BCUT2D eigenvalue weighted by Gasteiger charge is -2.11. The SMILES string of the molecule is CN=C(NCCc1nnc2n1CCCCC2)NCc1nc(C)c(C)s1. The molecular weight excluding hydrogens is 334 g/mol. The van der Waals surface area contributed by atoms with Gasteiger partial charge in [0.2, 0.25) is 0 Å². The molecule has 3 heterocycles. The molecule has 8 heteroatoms. The normalized spacial score (nSPS) is 14.9. The minimum Gasteiger partial charge on any atom is -0.356 e. The van der Waals surface area contributed by atoms with Crippen molar-refractivity contribution >= 4 is 17.3 Å². The Balaban J connectivity index is 1.48. The average Bonchev–Trinajstić information content (AvgIpc) is 3.04. The minimum atomic E-state index is 0.694. The van der Waals surface area contributed by atoms with Crippen molar-refractivity contribution < 1.29 is 0 Å². The van der Waals surface area contributed by atoms with Gasteiger partial charge in [0.25, 0.3) is 0 Å². The molecule has 1 aliphatic rings. The van der Waals surface area contributed by atoms with Crippen molar-refractivity contribution in [3.8, 4) is 0 Å². The van der Waals surface area contributed by atoms with E-state index >= 15 is 0 Å². The van der Waals surface area contributed by atoms with Crippen LogP contribution in [0, 0.1) is 13.8 Å². The largest absolute Gasteiger partial charge is 0.356 e. The highest BCUT2D eigenvalue weighted by Gasteiger charge is 2.14. The monoisotopic (exact) mass is 361 g/mol. The van der Waals surface area contributed by atoms with Gasteiger partial charge in [0, 0.05) is 37.9 Å². The highest BCUT2D eigenvalue weighted by Crippen LogP contribution is 2.16. The van der Waals surface area contributed by atoms with Crippen LogP contribution < -0.4 is 10.6 Å². The second kappa shape index (κ2) is 8.42. The maximum Gasteiger partial charge on any atom is 0.191 e. The van der Waals surface area contributed by atoms with Gasteiger partial charge in [0.15, 0.2) is 5.96 Å². The molecule has 2 aromatic rings. The second-order valence-electron chi connectivity index (χ2n) is 6.35. The van der Waals surface area contributed by atoms with Crippen LogP contribution in [0.4, 0.5) is 0 Å². The zero-order valence-electron chi connectivity index (χ0n) is 15.3. The molecular formula is C17H27N7S. The standard InChI is InChI=1S/C17H27N7S/c1-12-13(2)25-16(21-12)11-20-17(18-3)19-9-8-15-23-22-14-7-5-4-6-10-24(14)15/h4-11H2,1-3H3,(H2,18,19,20). The quantitative estimate of drug-likeness (QED) is 0.629. The van der Waals surface area contributed by atoms with Gasteiger partial charge in [-0.15, -0.1) is 21.5 Å². The lowest BCUT2D eigenvalue weighted by Crippen LogP contribution is -2.38. The number of nitrogens with zero attached hydrogens (tertiary/aromatic N) is 5. The van der Waals surface area contributed by atoms with Gasteiger partial charge < -0.3 is 15.2 Å². The fraction of sp³-hybridized carbons (Fsp3) is 0.647. The summed E-state index contributed by atoms with van der Waals surface area (Å²) in [6.07, 6.45) is 5.64. The van der Waals surface area contributed by atoms with Gasteiger partial charge in [-0.3, -0.25) is 4.99 Å². The van der Waals surface area contributed by atoms with Crippen LogP contribution in [0.5, 0.6) is 0 Å². The lowest BCUT2D eigenvalue weighted by molar-refractivity contribution is 0.600. The summed E-state index contributed by atoms with van der Waals surface area (Å²) < 4.78 is 2.30. The summed E-state index contributed by atoms with van der Waals surface area (Å²) in [4.78, 5) is 10.1. The number of rotatable bonds is 5. The maximum absolute atomic E-state index is 4.55. The van der Waals surface area contributed by atoms with Gasteiger partial charge in [-0.05, 0) is 26.7 Å². The predicted molar refractivity (Wildman–Crippen MR) is 101 cm³/mol.